The van der Waals surface area contributed by atoms with Gasteiger partial charge in [0.15, 0.2) is 0 Å². The fourth-order valence-corrected chi connectivity index (χ4v) is 1.18. The highest BCUT2D eigenvalue weighted by atomic mass is 16.5. The van der Waals surface area contributed by atoms with E-state index in [4.69, 9.17) is 4.74 Å². The van der Waals surface area contributed by atoms with Crippen LogP contribution in [0.2, 0.25) is 0 Å². The lowest BCUT2D eigenvalue weighted by Gasteiger charge is -2.22. The maximum absolute atomic E-state index is 5.09. The molecular weight excluding hydrogens is 162 g/mol. The second kappa shape index (κ2) is 10.0. The van der Waals surface area contributed by atoms with Gasteiger partial charge >= 0.3 is 0 Å². The first kappa shape index (κ1) is 15.4. The summed E-state index contributed by atoms with van der Waals surface area (Å²) in [5, 5.41) is 0. The minimum Gasteiger partial charge on any atom is -0.384 e. The van der Waals surface area contributed by atoms with Gasteiger partial charge in [0, 0.05) is 20.3 Å². The van der Waals surface area contributed by atoms with Gasteiger partial charge in [0.2, 0.25) is 0 Å². The number of rotatable bonds is 5. The molecule has 2 atom stereocenters. The van der Waals surface area contributed by atoms with Crippen LogP contribution in [0, 0.1) is 11.8 Å². The smallest absolute Gasteiger partial charge is 0.0490 e. The zero-order chi connectivity index (χ0) is 10.9. The van der Waals surface area contributed by atoms with Gasteiger partial charge in [-0.05, 0) is 25.9 Å². The molecular formula is C11H27NO. The van der Waals surface area contributed by atoms with Crippen LogP contribution < -0.4 is 0 Å². The van der Waals surface area contributed by atoms with Gasteiger partial charge in [-0.1, -0.05) is 27.7 Å². The van der Waals surface area contributed by atoms with Crippen molar-refractivity contribution >= 4 is 0 Å². The Bertz CT molecular complexity index is 94.1. The van der Waals surface area contributed by atoms with Gasteiger partial charge < -0.3 is 9.64 Å². The normalized spacial score (nSPS) is 14.8. The van der Waals surface area contributed by atoms with Crippen LogP contribution in [0.25, 0.3) is 0 Å². The number of ether oxygens (including phenoxy) is 1. The van der Waals surface area contributed by atoms with Crippen molar-refractivity contribution in [2.24, 2.45) is 11.8 Å². The predicted molar refractivity (Wildman–Crippen MR) is 60.1 cm³/mol. The van der Waals surface area contributed by atoms with Crippen molar-refractivity contribution in [2.75, 3.05) is 34.4 Å². The maximum atomic E-state index is 5.09. The van der Waals surface area contributed by atoms with Crippen LogP contribution in [0.15, 0.2) is 0 Å². The van der Waals surface area contributed by atoms with Gasteiger partial charge in [-0.25, -0.2) is 0 Å². The first-order chi connectivity index (χ1) is 6.07. The van der Waals surface area contributed by atoms with Crippen LogP contribution in [0.1, 0.15) is 27.7 Å². The van der Waals surface area contributed by atoms with Crippen molar-refractivity contribution in [3.8, 4) is 0 Å². The molecule has 0 aromatic carbocycles. The lowest BCUT2D eigenvalue weighted by atomic mass is 9.96. The van der Waals surface area contributed by atoms with E-state index in [1.807, 2.05) is 13.8 Å². The van der Waals surface area contributed by atoms with Crippen LogP contribution in [0.5, 0.6) is 0 Å². The SMILES string of the molecule is CC.COCC(C)C(C)CN(C)C. The molecule has 0 aliphatic heterocycles. The van der Waals surface area contributed by atoms with Gasteiger partial charge in [0.25, 0.3) is 0 Å². The zero-order valence-electron chi connectivity index (χ0n) is 10.4. The fraction of sp³-hybridized carbons (Fsp3) is 1.00. The van der Waals surface area contributed by atoms with Crippen LogP contribution in [-0.2, 0) is 4.74 Å². The molecule has 0 aliphatic carbocycles. The lowest BCUT2D eigenvalue weighted by Crippen LogP contribution is -2.26. The highest BCUT2D eigenvalue weighted by molar-refractivity contribution is 4.63. The van der Waals surface area contributed by atoms with E-state index in [-0.39, 0.29) is 0 Å². The summed E-state index contributed by atoms with van der Waals surface area (Å²) in [7, 11) is 5.98. The number of nitrogens with zero attached hydrogens (tertiary/aromatic N) is 1. The molecule has 2 nitrogen and oxygen atoms in total. The van der Waals surface area contributed by atoms with Crippen LogP contribution in [0.3, 0.4) is 0 Å². The summed E-state index contributed by atoms with van der Waals surface area (Å²) in [6, 6.07) is 0. The average Bonchev–Trinajstić information content (AvgIpc) is 2.07. The molecule has 2 unspecified atom stereocenters. The van der Waals surface area contributed by atoms with Crippen molar-refractivity contribution in [3.05, 3.63) is 0 Å². The summed E-state index contributed by atoms with van der Waals surface area (Å²) >= 11 is 0. The molecule has 0 bridgehead atoms. The molecule has 0 aromatic rings. The van der Waals surface area contributed by atoms with E-state index in [0.717, 1.165) is 13.2 Å². The summed E-state index contributed by atoms with van der Waals surface area (Å²) in [5.41, 5.74) is 0. The number of methoxy groups -OCH3 is 1. The van der Waals surface area contributed by atoms with E-state index in [0.29, 0.717) is 11.8 Å². The monoisotopic (exact) mass is 189 g/mol. The van der Waals surface area contributed by atoms with Gasteiger partial charge in [0.05, 0.1) is 0 Å². The molecule has 82 valence electrons. The Labute approximate surface area is 84.3 Å². The summed E-state index contributed by atoms with van der Waals surface area (Å²) in [5.74, 6) is 1.37. The Kier molecular flexibility index (Phi) is 11.8. The summed E-state index contributed by atoms with van der Waals surface area (Å²) in [6.45, 7) is 10.5. The molecule has 0 N–H and O–H groups in total. The summed E-state index contributed by atoms with van der Waals surface area (Å²) in [4.78, 5) is 2.22. The van der Waals surface area contributed by atoms with Crippen molar-refractivity contribution in [3.63, 3.8) is 0 Å². The fourth-order valence-electron chi connectivity index (χ4n) is 1.18. The zero-order valence-corrected chi connectivity index (χ0v) is 10.4. The predicted octanol–water partition coefficient (Wildman–Crippen LogP) is 2.49. The first-order valence-corrected chi connectivity index (χ1v) is 5.21. The Morgan fingerprint density at radius 3 is 1.85 bits per heavy atom. The van der Waals surface area contributed by atoms with Gasteiger partial charge in [0.1, 0.15) is 0 Å². The van der Waals surface area contributed by atoms with Crippen molar-refractivity contribution < 1.29 is 4.74 Å². The minimum absolute atomic E-state index is 0.655. The van der Waals surface area contributed by atoms with E-state index < -0.39 is 0 Å². The van der Waals surface area contributed by atoms with Crippen molar-refractivity contribution in [2.45, 2.75) is 27.7 Å². The third-order valence-electron chi connectivity index (χ3n) is 2.05. The molecule has 13 heavy (non-hydrogen) atoms. The van der Waals surface area contributed by atoms with Crippen molar-refractivity contribution in [1.82, 2.24) is 4.90 Å². The van der Waals surface area contributed by atoms with Crippen molar-refractivity contribution in [1.29, 1.82) is 0 Å². The molecule has 0 saturated carbocycles. The number of hydrogen-bond donors (Lipinski definition) is 0. The largest absolute Gasteiger partial charge is 0.384 e. The third kappa shape index (κ3) is 9.84. The second-order valence-electron chi connectivity index (χ2n) is 3.67. The molecule has 0 saturated heterocycles. The van der Waals surface area contributed by atoms with E-state index in [1.165, 1.54) is 0 Å². The third-order valence-corrected chi connectivity index (χ3v) is 2.05. The Balaban J connectivity index is 0. The molecule has 0 spiro atoms. The highest BCUT2D eigenvalue weighted by Gasteiger charge is 2.11. The topological polar surface area (TPSA) is 12.5 Å². The molecule has 0 aromatic heterocycles. The van der Waals surface area contributed by atoms with Gasteiger partial charge in [-0.2, -0.15) is 0 Å². The van der Waals surface area contributed by atoms with E-state index in [1.54, 1.807) is 7.11 Å². The minimum atomic E-state index is 0.655. The Hall–Kier alpha value is -0.0800. The Morgan fingerprint density at radius 1 is 1.08 bits per heavy atom. The molecule has 0 aliphatic rings. The number of hydrogen-bond acceptors (Lipinski definition) is 2. The quantitative estimate of drug-likeness (QED) is 0.659. The standard InChI is InChI=1S/C9H21NO.C2H6/c1-8(6-10(3)4)9(2)7-11-5;1-2/h8-9H,6-7H2,1-5H3;1-2H3. The molecule has 0 radical (unpaired) electrons. The molecule has 0 heterocycles. The molecule has 0 amide bonds. The summed E-state index contributed by atoms with van der Waals surface area (Å²) < 4.78 is 5.09. The van der Waals surface area contributed by atoms with Gasteiger partial charge in [-0.3, -0.25) is 0 Å². The second-order valence-corrected chi connectivity index (χ2v) is 3.67. The van der Waals surface area contributed by atoms with Crippen LogP contribution in [0.4, 0.5) is 0 Å². The maximum Gasteiger partial charge on any atom is 0.0490 e. The first-order valence-electron chi connectivity index (χ1n) is 5.21. The highest BCUT2D eigenvalue weighted by Crippen LogP contribution is 2.11. The van der Waals surface area contributed by atoms with E-state index in [9.17, 15) is 0 Å². The van der Waals surface area contributed by atoms with Crippen LogP contribution in [-0.4, -0.2) is 39.3 Å². The summed E-state index contributed by atoms with van der Waals surface area (Å²) in [6.07, 6.45) is 0. The molecule has 2 heteroatoms. The van der Waals surface area contributed by atoms with E-state index in [2.05, 4.69) is 32.8 Å². The molecule has 0 rings (SSSR count). The van der Waals surface area contributed by atoms with Crippen LogP contribution >= 0.6 is 0 Å². The Morgan fingerprint density at radius 2 is 1.54 bits per heavy atom. The average molecular weight is 189 g/mol. The molecule has 0 fully saturated rings. The van der Waals surface area contributed by atoms with Gasteiger partial charge in [-0.15, -0.1) is 0 Å². The lowest BCUT2D eigenvalue weighted by molar-refractivity contribution is 0.123. The van der Waals surface area contributed by atoms with E-state index >= 15 is 0 Å².